The van der Waals surface area contributed by atoms with Crippen molar-refractivity contribution in [2.75, 3.05) is 18.5 Å². The molecule has 6 nitrogen and oxygen atoms in total. The van der Waals surface area contributed by atoms with E-state index in [-0.39, 0.29) is 30.5 Å². The van der Waals surface area contributed by atoms with Gasteiger partial charge in [0.05, 0.1) is 19.9 Å². The third kappa shape index (κ3) is 3.59. The maximum atomic E-state index is 12.0. The number of ether oxygens (including phenoxy) is 2. The highest BCUT2D eigenvalue weighted by Gasteiger charge is 2.19. The molecule has 1 aromatic heterocycles. The van der Waals surface area contributed by atoms with E-state index in [2.05, 4.69) is 21.2 Å². The highest BCUT2D eigenvalue weighted by atomic mass is 79.9. The van der Waals surface area contributed by atoms with Crippen LogP contribution in [0, 0.1) is 0 Å². The first-order valence-corrected chi connectivity index (χ1v) is 8.16. The van der Waals surface area contributed by atoms with Crippen LogP contribution in [0.15, 0.2) is 34.1 Å². The molecular weight excluding hydrogens is 386 g/mol. The zero-order chi connectivity index (χ0) is 16.4. The van der Waals surface area contributed by atoms with Gasteiger partial charge in [-0.3, -0.25) is 9.59 Å². The first-order chi connectivity index (χ1) is 11.0. The molecule has 1 N–H and O–H groups in total. The molecule has 1 aliphatic rings. The molecule has 0 bridgehead atoms. The molecule has 1 aliphatic heterocycles. The van der Waals surface area contributed by atoms with Crippen molar-refractivity contribution in [2.45, 2.75) is 0 Å². The minimum Gasteiger partial charge on any atom is -0.482 e. The molecule has 0 unspecified atom stereocenters. The van der Waals surface area contributed by atoms with Gasteiger partial charge in [-0.1, -0.05) is 0 Å². The number of thiophene rings is 1. The second kappa shape index (κ2) is 6.51. The number of amides is 1. The molecule has 0 saturated carbocycles. The molecule has 2 heterocycles. The highest BCUT2D eigenvalue weighted by molar-refractivity contribution is 9.11. The number of hydrogen-bond acceptors (Lipinski definition) is 6. The van der Waals surface area contributed by atoms with Crippen LogP contribution in [-0.4, -0.2) is 30.9 Å². The lowest BCUT2D eigenvalue weighted by Gasteiger charge is -2.18. The van der Waals surface area contributed by atoms with Crippen LogP contribution >= 0.6 is 27.3 Å². The van der Waals surface area contributed by atoms with Gasteiger partial charge < -0.3 is 14.8 Å². The monoisotopic (exact) mass is 395 g/mol. The number of fused-ring (bicyclic) bond motifs is 1. The number of hydrogen-bond donors (Lipinski definition) is 1. The van der Waals surface area contributed by atoms with E-state index in [0.717, 1.165) is 3.79 Å². The molecule has 0 fully saturated rings. The van der Waals surface area contributed by atoms with Gasteiger partial charge in [0, 0.05) is 0 Å². The van der Waals surface area contributed by atoms with Gasteiger partial charge in [0.2, 0.25) is 5.78 Å². The van der Waals surface area contributed by atoms with Crippen LogP contribution in [0.1, 0.15) is 20.0 Å². The SMILES string of the molecule is O=C1COc2cc(C(=O)OCC(=O)c3ccc(Br)s3)ccc2N1. The second-order valence-corrected chi connectivity index (χ2v) is 7.11. The number of carbonyl (C=O) groups excluding carboxylic acids is 3. The molecule has 0 saturated heterocycles. The molecule has 23 heavy (non-hydrogen) atoms. The van der Waals surface area contributed by atoms with Crippen molar-refractivity contribution in [3.05, 3.63) is 44.6 Å². The smallest absolute Gasteiger partial charge is 0.338 e. The Labute approximate surface area is 143 Å². The normalized spacial score (nSPS) is 12.8. The molecule has 0 spiro atoms. The van der Waals surface area contributed by atoms with E-state index in [1.807, 2.05) is 0 Å². The minimum absolute atomic E-state index is 0.1000. The summed E-state index contributed by atoms with van der Waals surface area (Å²) in [5, 5.41) is 2.63. The Hall–Kier alpha value is -2.19. The van der Waals surface area contributed by atoms with E-state index < -0.39 is 5.97 Å². The van der Waals surface area contributed by atoms with Crippen LogP contribution in [-0.2, 0) is 9.53 Å². The summed E-state index contributed by atoms with van der Waals surface area (Å²) in [5.41, 5.74) is 0.748. The lowest BCUT2D eigenvalue weighted by molar-refractivity contribution is -0.118. The summed E-state index contributed by atoms with van der Waals surface area (Å²) in [5.74, 6) is -0.749. The Balaban J connectivity index is 1.64. The summed E-state index contributed by atoms with van der Waals surface area (Å²) in [6, 6.07) is 7.96. The largest absolute Gasteiger partial charge is 0.482 e. The van der Waals surface area contributed by atoms with Crippen LogP contribution in [0.2, 0.25) is 0 Å². The number of nitrogens with one attached hydrogen (secondary N) is 1. The van der Waals surface area contributed by atoms with Gasteiger partial charge in [0.25, 0.3) is 5.91 Å². The molecule has 0 atom stereocenters. The number of halogens is 1. The van der Waals surface area contributed by atoms with E-state index in [9.17, 15) is 14.4 Å². The van der Waals surface area contributed by atoms with Crippen molar-refractivity contribution in [1.29, 1.82) is 0 Å². The quantitative estimate of drug-likeness (QED) is 0.635. The maximum Gasteiger partial charge on any atom is 0.338 e. The Kier molecular flexibility index (Phi) is 4.44. The van der Waals surface area contributed by atoms with Crippen molar-refractivity contribution < 1.29 is 23.9 Å². The van der Waals surface area contributed by atoms with Crippen molar-refractivity contribution in [3.8, 4) is 5.75 Å². The number of benzene rings is 1. The fourth-order valence-electron chi connectivity index (χ4n) is 1.95. The van der Waals surface area contributed by atoms with Crippen LogP contribution in [0.5, 0.6) is 5.75 Å². The van der Waals surface area contributed by atoms with Crippen molar-refractivity contribution in [3.63, 3.8) is 0 Å². The molecule has 1 aromatic carbocycles. The predicted octanol–water partition coefficient (Wildman–Crippen LogP) is 2.88. The third-order valence-electron chi connectivity index (χ3n) is 3.03. The Morgan fingerprint density at radius 3 is 2.87 bits per heavy atom. The molecule has 118 valence electrons. The van der Waals surface area contributed by atoms with Gasteiger partial charge in [-0.25, -0.2) is 4.79 Å². The first-order valence-electron chi connectivity index (χ1n) is 6.55. The summed E-state index contributed by atoms with van der Waals surface area (Å²) in [6.07, 6.45) is 0. The topological polar surface area (TPSA) is 81.7 Å². The maximum absolute atomic E-state index is 12.0. The van der Waals surface area contributed by atoms with Gasteiger partial charge in [-0.05, 0) is 46.3 Å². The third-order valence-corrected chi connectivity index (χ3v) is 4.70. The number of ketones is 1. The van der Waals surface area contributed by atoms with Gasteiger partial charge in [0.15, 0.2) is 13.2 Å². The molecule has 0 aliphatic carbocycles. The van der Waals surface area contributed by atoms with Crippen molar-refractivity contribution in [1.82, 2.24) is 0 Å². The zero-order valence-corrected chi connectivity index (χ0v) is 14.0. The molecule has 1 amide bonds. The number of anilines is 1. The molecule has 2 aromatic rings. The van der Waals surface area contributed by atoms with Crippen molar-refractivity contribution in [2.24, 2.45) is 0 Å². The lowest BCUT2D eigenvalue weighted by atomic mass is 10.1. The van der Waals surface area contributed by atoms with Crippen LogP contribution in [0.3, 0.4) is 0 Å². The predicted molar refractivity (Wildman–Crippen MR) is 87.2 cm³/mol. The van der Waals surface area contributed by atoms with E-state index in [4.69, 9.17) is 9.47 Å². The van der Waals surface area contributed by atoms with E-state index in [1.165, 1.54) is 23.5 Å². The molecule has 8 heteroatoms. The Bertz CT molecular complexity index is 801. The average molecular weight is 396 g/mol. The number of esters is 1. The molecular formula is C15H10BrNO5S. The van der Waals surface area contributed by atoms with E-state index in [0.29, 0.717) is 16.3 Å². The summed E-state index contributed by atoms with van der Waals surface area (Å²) in [7, 11) is 0. The van der Waals surface area contributed by atoms with Gasteiger partial charge >= 0.3 is 5.97 Å². The summed E-state index contributed by atoms with van der Waals surface area (Å²) in [6.45, 7) is -0.433. The summed E-state index contributed by atoms with van der Waals surface area (Å²) in [4.78, 5) is 35.6. The van der Waals surface area contributed by atoms with E-state index >= 15 is 0 Å². The van der Waals surface area contributed by atoms with Gasteiger partial charge in [-0.2, -0.15) is 0 Å². The Morgan fingerprint density at radius 2 is 2.13 bits per heavy atom. The van der Waals surface area contributed by atoms with E-state index in [1.54, 1.807) is 18.2 Å². The second-order valence-electron chi connectivity index (χ2n) is 4.65. The van der Waals surface area contributed by atoms with Gasteiger partial charge in [0.1, 0.15) is 5.75 Å². The zero-order valence-electron chi connectivity index (χ0n) is 11.6. The van der Waals surface area contributed by atoms with Gasteiger partial charge in [-0.15, -0.1) is 11.3 Å². The summed E-state index contributed by atoms with van der Waals surface area (Å²) < 4.78 is 11.1. The molecule has 3 rings (SSSR count). The van der Waals surface area contributed by atoms with Crippen LogP contribution in [0.25, 0.3) is 0 Å². The first kappa shape index (κ1) is 15.7. The number of Topliss-reactive ketones (excluding diaryl/α,β-unsaturated/α-hetero) is 1. The highest BCUT2D eigenvalue weighted by Crippen LogP contribution is 2.29. The van der Waals surface area contributed by atoms with Crippen LogP contribution in [0.4, 0.5) is 5.69 Å². The Morgan fingerprint density at radius 1 is 1.30 bits per heavy atom. The number of rotatable bonds is 4. The number of carbonyl (C=O) groups is 3. The minimum atomic E-state index is -0.628. The fraction of sp³-hybridized carbons (Fsp3) is 0.133. The summed E-state index contributed by atoms with van der Waals surface area (Å²) >= 11 is 4.55. The molecule has 0 radical (unpaired) electrons. The van der Waals surface area contributed by atoms with Crippen LogP contribution < -0.4 is 10.1 Å². The average Bonchev–Trinajstić information content (AvgIpc) is 2.98. The lowest BCUT2D eigenvalue weighted by Crippen LogP contribution is -2.25. The fourth-order valence-corrected chi connectivity index (χ4v) is 3.26. The standard InChI is InChI=1S/C15H10BrNO5S/c16-13-4-3-12(23-13)10(18)6-22-15(20)8-1-2-9-11(5-8)21-7-14(19)17-9/h1-5H,6-7H2,(H,17,19). The van der Waals surface area contributed by atoms with Crippen molar-refractivity contribution >= 4 is 50.6 Å².